The van der Waals surface area contributed by atoms with Gasteiger partial charge in [0.25, 0.3) is 5.91 Å². The van der Waals surface area contributed by atoms with Gasteiger partial charge in [0.15, 0.2) is 0 Å². The van der Waals surface area contributed by atoms with E-state index in [2.05, 4.69) is 10.6 Å². The molecule has 6 heteroatoms. The number of hydrogen-bond donors (Lipinski definition) is 3. The second kappa shape index (κ2) is 5.28. The number of carbonyl (C=O) groups is 2. The summed E-state index contributed by atoms with van der Waals surface area (Å²) >= 11 is 5.84. The maximum absolute atomic E-state index is 12.4. The molecule has 0 aromatic heterocycles. The fourth-order valence-corrected chi connectivity index (χ4v) is 2.76. The van der Waals surface area contributed by atoms with Crippen molar-refractivity contribution >= 4 is 40.5 Å². The van der Waals surface area contributed by atoms with Crippen LogP contribution in [0.2, 0.25) is 5.02 Å². The molecule has 2 amide bonds. The Morgan fingerprint density at radius 3 is 2.65 bits per heavy atom. The summed E-state index contributed by atoms with van der Waals surface area (Å²) in [5.41, 5.74) is 8.11. The lowest BCUT2D eigenvalue weighted by Crippen LogP contribution is -2.26. The molecular weight excluding hydrogens is 314 g/mol. The van der Waals surface area contributed by atoms with E-state index in [1.165, 1.54) is 0 Å². The van der Waals surface area contributed by atoms with E-state index in [1.54, 1.807) is 36.4 Å². The number of nitrogens with one attached hydrogen (secondary N) is 2. The van der Waals surface area contributed by atoms with Gasteiger partial charge in [-0.25, -0.2) is 0 Å². The smallest absolute Gasteiger partial charge is 0.255 e. The third kappa shape index (κ3) is 2.64. The number of nitrogens with two attached hydrogens (primary N) is 1. The molecule has 3 rings (SSSR count). The van der Waals surface area contributed by atoms with Crippen LogP contribution in [0, 0.1) is 0 Å². The summed E-state index contributed by atoms with van der Waals surface area (Å²) in [4.78, 5) is 24.3. The van der Waals surface area contributed by atoms with Crippen LogP contribution in [-0.4, -0.2) is 11.8 Å². The van der Waals surface area contributed by atoms with Gasteiger partial charge in [0.1, 0.15) is 0 Å². The Balaban J connectivity index is 1.87. The zero-order chi connectivity index (χ0) is 16.8. The molecule has 1 heterocycles. The number of rotatable bonds is 2. The first-order valence-electron chi connectivity index (χ1n) is 7.11. The molecule has 1 aliphatic heterocycles. The molecule has 0 bridgehead atoms. The lowest BCUT2D eigenvalue weighted by molar-refractivity contribution is -0.119. The lowest BCUT2D eigenvalue weighted by atomic mass is 9.86. The molecule has 23 heavy (non-hydrogen) atoms. The third-order valence-corrected chi connectivity index (χ3v) is 4.27. The van der Waals surface area contributed by atoms with Gasteiger partial charge >= 0.3 is 0 Å². The molecule has 2 aromatic carbocycles. The summed E-state index contributed by atoms with van der Waals surface area (Å²) in [5.74, 6) is -0.382. The van der Waals surface area contributed by atoms with Crippen LogP contribution < -0.4 is 16.4 Å². The van der Waals surface area contributed by atoms with Crippen molar-refractivity contribution in [2.45, 2.75) is 19.3 Å². The van der Waals surface area contributed by atoms with Crippen LogP contribution in [0.3, 0.4) is 0 Å². The Morgan fingerprint density at radius 1 is 1.22 bits per heavy atom. The van der Waals surface area contributed by atoms with E-state index >= 15 is 0 Å². The molecular formula is C17H16ClN3O2. The summed E-state index contributed by atoms with van der Waals surface area (Å²) in [5, 5.41) is 6.05. The number of anilines is 3. The van der Waals surface area contributed by atoms with Gasteiger partial charge in [-0.3, -0.25) is 9.59 Å². The highest BCUT2D eigenvalue weighted by molar-refractivity contribution is 6.31. The standard InChI is InChI=1S/C17H16ClN3O2/c1-17(2)11-5-3-9(7-14(11)21-16(17)23)15(22)20-13-6-4-10(18)8-12(13)19/h3-8H,19H2,1-2H3,(H,20,22)(H,21,23). The molecule has 4 N–H and O–H groups in total. The predicted molar refractivity (Wildman–Crippen MR) is 91.9 cm³/mol. The molecule has 0 atom stereocenters. The van der Waals surface area contributed by atoms with Crippen LogP contribution in [0.5, 0.6) is 0 Å². The molecule has 2 aromatic rings. The first-order chi connectivity index (χ1) is 10.8. The van der Waals surface area contributed by atoms with Gasteiger partial charge in [0, 0.05) is 16.3 Å². The molecule has 0 radical (unpaired) electrons. The van der Waals surface area contributed by atoms with E-state index in [9.17, 15) is 9.59 Å². The van der Waals surface area contributed by atoms with Gasteiger partial charge in [-0.15, -0.1) is 0 Å². The Labute approximate surface area is 138 Å². The predicted octanol–water partition coefficient (Wildman–Crippen LogP) is 3.40. The minimum absolute atomic E-state index is 0.0768. The molecule has 118 valence electrons. The fourth-order valence-electron chi connectivity index (χ4n) is 2.58. The van der Waals surface area contributed by atoms with E-state index < -0.39 is 5.41 Å². The molecule has 5 nitrogen and oxygen atoms in total. The number of nitrogen functional groups attached to an aromatic ring is 1. The first kappa shape index (κ1) is 15.4. The summed E-state index contributed by atoms with van der Waals surface area (Å²) in [6, 6.07) is 10.0. The minimum Gasteiger partial charge on any atom is -0.397 e. The summed E-state index contributed by atoms with van der Waals surface area (Å²) in [6.07, 6.45) is 0. The number of hydrogen-bond acceptors (Lipinski definition) is 3. The van der Waals surface area contributed by atoms with Gasteiger partial charge in [0.2, 0.25) is 5.91 Å². The van der Waals surface area contributed by atoms with E-state index in [4.69, 9.17) is 17.3 Å². The maximum Gasteiger partial charge on any atom is 0.255 e. The van der Waals surface area contributed by atoms with E-state index in [0.29, 0.717) is 27.6 Å². The number of amides is 2. The van der Waals surface area contributed by atoms with E-state index in [0.717, 1.165) is 5.56 Å². The van der Waals surface area contributed by atoms with Crippen molar-refractivity contribution in [3.8, 4) is 0 Å². The van der Waals surface area contributed by atoms with Gasteiger partial charge in [-0.1, -0.05) is 17.7 Å². The molecule has 0 fully saturated rings. The minimum atomic E-state index is -0.592. The average Bonchev–Trinajstić information content (AvgIpc) is 2.71. The highest BCUT2D eigenvalue weighted by atomic mass is 35.5. The first-order valence-corrected chi connectivity index (χ1v) is 7.49. The topological polar surface area (TPSA) is 84.2 Å². The van der Waals surface area contributed by atoms with Crippen LogP contribution >= 0.6 is 11.6 Å². The second-order valence-electron chi connectivity index (χ2n) is 6.03. The molecule has 0 aliphatic carbocycles. The Kier molecular flexibility index (Phi) is 3.53. The van der Waals surface area contributed by atoms with Crippen LogP contribution in [0.1, 0.15) is 29.8 Å². The fraction of sp³-hybridized carbons (Fsp3) is 0.176. The van der Waals surface area contributed by atoms with Crippen molar-refractivity contribution in [2.24, 2.45) is 0 Å². The van der Waals surface area contributed by atoms with Gasteiger partial charge in [-0.05, 0) is 49.7 Å². The lowest BCUT2D eigenvalue weighted by Gasteiger charge is -2.15. The number of fused-ring (bicyclic) bond motifs is 1. The number of benzene rings is 2. The Bertz CT molecular complexity index is 831. The van der Waals surface area contributed by atoms with Crippen molar-refractivity contribution in [1.29, 1.82) is 0 Å². The number of halogens is 1. The molecule has 0 saturated heterocycles. The average molecular weight is 330 g/mol. The van der Waals surface area contributed by atoms with Crippen molar-refractivity contribution in [3.05, 3.63) is 52.5 Å². The van der Waals surface area contributed by atoms with Gasteiger partial charge in [0.05, 0.1) is 16.8 Å². The normalized spacial score (nSPS) is 15.0. The maximum atomic E-state index is 12.4. The van der Waals surface area contributed by atoms with Gasteiger partial charge in [-0.2, -0.15) is 0 Å². The van der Waals surface area contributed by atoms with Crippen LogP contribution in [0.15, 0.2) is 36.4 Å². The molecule has 1 aliphatic rings. The summed E-state index contributed by atoms with van der Waals surface area (Å²) in [7, 11) is 0. The highest BCUT2D eigenvalue weighted by Crippen LogP contribution is 2.37. The van der Waals surface area contributed by atoms with Crippen molar-refractivity contribution in [3.63, 3.8) is 0 Å². The zero-order valence-electron chi connectivity index (χ0n) is 12.7. The summed E-state index contributed by atoms with van der Waals surface area (Å²) < 4.78 is 0. The largest absolute Gasteiger partial charge is 0.397 e. The SMILES string of the molecule is CC1(C)C(=O)Nc2cc(C(=O)Nc3ccc(Cl)cc3N)ccc21. The third-order valence-electron chi connectivity index (χ3n) is 4.03. The highest BCUT2D eigenvalue weighted by Gasteiger charge is 2.38. The monoisotopic (exact) mass is 329 g/mol. The Hall–Kier alpha value is -2.53. The van der Waals surface area contributed by atoms with Gasteiger partial charge < -0.3 is 16.4 Å². The summed E-state index contributed by atoms with van der Waals surface area (Å²) in [6.45, 7) is 3.70. The van der Waals surface area contributed by atoms with E-state index in [-0.39, 0.29) is 11.8 Å². The van der Waals surface area contributed by atoms with Crippen molar-refractivity contribution in [2.75, 3.05) is 16.4 Å². The van der Waals surface area contributed by atoms with Crippen LogP contribution in [0.4, 0.5) is 17.1 Å². The van der Waals surface area contributed by atoms with Crippen LogP contribution in [-0.2, 0) is 10.2 Å². The Morgan fingerprint density at radius 2 is 1.96 bits per heavy atom. The molecule has 0 unspecified atom stereocenters. The quantitative estimate of drug-likeness (QED) is 0.738. The van der Waals surface area contributed by atoms with Crippen molar-refractivity contribution in [1.82, 2.24) is 0 Å². The van der Waals surface area contributed by atoms with Crippen LogP contribution in [0.25, 0.3) is 0 Å². The second-order valence-corrected chi connectivity index (χ2v) is 6.46. The molecule has 0 saturated carbocycles. The molecule has 0 spiro atoms. The van der Waals surface area contributed by atoms with E-state index in [1.807, 2.05) is 13.8 Å². The zero-order valence-corrected chi connectivity index (χ0v) is 13.5. The number of carbonyl (C=O) groups excluding carboxylic acids is 2. The van der Waals surface area contributed by atoms with Crippen molar-refractivity contribution < 1.29 is 9.59 Å².